The van der Waals surface area contributed by atoms with Gasteiger partial charge < -0.3 is 23.9 Å². The van der Waals surface area contributed by atoms with Crippen molar-refractivity contribution in [1.82, 2.24) is 4.90 Å². The van der Waals surface area contributed by atoms with Crippen molar-refractivity contribution in [3.63, 3.8) is 0 Å². The number of anilines is 1. The highest BCUT2D eigenvalue weighted by Crippen LogP contribution is 2.31. The predicted molar refractivity (Wildman–Crippen MR) is 130 cm³/mol. The van der Waals surface area contributed by atoms with E-state index in [1.165, 1.54) is 37.3 Å². The molecule has 3 rings (SSSR count). The molecule has 0 saturated heterocycles. The van der Waals surface area contributed by atoms with Crippen LogP contribution < -0.4 is 14.2 Å². The highest BCUT2D eigenvalue weighted by Gasteiger charge is 2.32. The van der Waals surface area contributed by atoms with E-state index in [1.54, 1.807) is 30.3 Å². The van der Waals surface area contributed by atoms with Crippen LogP contribution in [0.25, 0.3) is 0 Å². The number of carbonyl (C=O) groups excluding carboxylic acids is 1. The Hall–Kier alpha value is -3.77. The standard InChI is InChI=1S/C25H25F3N2O6S/c1-34-14-13-30(24(31)29-20-9-11-21(35-2)12-10-20)17-18-5-3-7-22(15-18)36-37(32,33)23-8-4-6-19(16-23)25(26,27)28/h3-12,15-16H,13-14,17H2,1-2H3,(H,29,31). The zero-order chi connectivity index (χ0) is 27.1. The molecular weight excluding hydrogens is 513 g/mol. The molecule has 1 N–H and O–H groups in total. The van der Waals surface area contributed by atoms with Crippen molar-refractivity contribution in [3.05, 3.63) is 83.9 Å². The average molecular weight is 539 g/mol. The van der Waals surface area contributed by atoms with Crippen LogP contribution >= 0.6 is 0 Å². The number of ether oxygens (including phenoxy) is 2. The molecule has 3 aromatic carbocycles. The SMILES string of the molecule is COCCN(Cc1cccc(OS(=O)(=O)c2cccc(C(F)(F)F)c2)c1)C(=O)Nc1ccc(OC)cc1. The number of urea groups is 1. The summed E-state index contributed by atoms with van der Waals surface area (Å²) in [6, 6.07) is 15.5. The van der Waals surface area contributed by atoms with E-state index in [0.29, 0.717) is 23.1 Å². The molecule has 37 heavy (non-hydrogen) atoms. The van der Waals surface area contributed by atoms with E-state index in [4.69, 9.17) is 13.7 Å². The van der Waals surface area contributed by atoms with E-state index >= 15 is 0 Å². The molecule has 0 spiro atoms. The van der Waals surface area contributed by atoms with Crippen molar-refractivity contribution < 1.29 is 40.0 Å². The highest BCUT2D eigenvalue weighted by molar-refractivity contribution is 7.87. The number of halogens is 3. The maximum atomic E-state index is 13.0. The highest BCUT2D eigenvalue weighted by atomic mass is 32.2. The van der Waals surface area contributed by atoms with Crippen molar-refractivity contribution in [2.24, 2.45) is 0 Å². The largest absolute Gasteiger partial charge is 0.497 e. The van der Waals surface area contributed by atoms with Gasteiger partial charge in [0.25, 0.3) is 0 Å². The van der Waals surface area contributed by atoms with Gasteiger partial charge in [0.2, 0.25) is 0 Å². The number of alkyl halides is 3. The molecule has 12 heteroatoms. The van der Waals surface area contributed by atoms with Gasteiger partial charge in [0.05, 0.1) is 19.3 Å². The van der Waals surface area contributed by atoms with Crippen molar-refractivity contribution in [2.45, 2.75) is 17.6 Å². The van der Waals surface area contributed by atoms with E-state index < -0.39 is 32.8 Å². The second-order valence-corrected chi connectivity index (χ2v) is 9.33. The normalized spacial score (nSPS) is 11.6. The minimum absolute atomic E-state index is 0.0756. The average Bonchev–Trinajstić information content (AvgIpc) is 2.86. The minimum Gasteiger partial charge on any atom is -0.497 e. The number of hydrogen-bond acceptors (Lipinski definition) is 6. The van der Waals surface area contributed by atoms with Crippen LogP contribution in [0.4, 0.5) is 23.7 Å². The summed E-state index contributed by atoms with van der Waals surface area (Å²) in [7, 11) is -1.52. The molecule has 2 amide bonds. The summed E-state index contributed by atoms with van der Waals surface area (Å²) in [6.07, 6.45) is -4.70. The summed E-state index contributed by atoms with van der Waals surface area (Å²) in [5.74, 6) is 0.517. The molecule has 0 fully saturated rings. The van der Waals surface area contributed by atoms with Gasteiger partial charge in [-0.3, -0.25) is 0 Å². The molecule has 0 saturated carbocycles. The third-order valence-corrected chi connectivity index (χ3v) is 6.36. The Morgan fingerprint density at radius 2 is 1.65 bits per heavy atom. The predicted octanol–water partition coefficient (Wildman–Crippen LogP) is 5.16. The molecule has 0 radical (unpaired) electrons. The van der Waals surface area contributed by atoms with Crippen LogP contribution in [-0.2, 0) is 27.6 Å². The van der Waals surface area contributed by atoms with Gasteiger partial charge >= 0.3 is 22.3 Å². The quantitative estimate of drug-likeness (QED) is 0.359. The first kappa shape index (κ1) is 27.8. The zero-order valence-electron chi connectivity index (χ0n) is 20.0. The number of nitrogens with one attached hydrogen (secondary N) is 1. The van der Waals surface area contributed by atoms with Gasteiger partial charge in [-0.15, -0.1) is 0 Å². The van der Waals surface area contributed by atoms with Gasteiger partial charge in [0.15, 0.2) is 0 Å². The number of methoxy groups -OCH3 is 2. The molecule has 0 bridgehead atoms. The summed E-state index contributed by atoms with van der Waals surface area (Å²) in [4.78, 5) is 13.7. The zero-order valence-corrected chi connectivity index (χ0v) is 20.8. The summed E-state index contributed by atoms with van der Waals surface area (Å²) in [6.45, 7) is 0.550. The van der Waals surface area contributed by atoms with E-state index in [1.807, 2.05) is 0 Å². The molecule has 0 aliphatic heterocycles. The lowest BCUT2D eigenvalue weighted by atomic mass is 10.2. The van der Waals surface area contributed by atoms with Crippen LogP contribution in [-0.4, -0.2) is 46.7 Å². The van der Waals surface area contributed by atoms with Crippen LogP contribution in [0.3, 0.4) is 0 Å². The van der Waals surface area contributed by atoms with Crippen LogP contribution in [0.15, 0.2) is 77.7 Å². The number of nitrogens with zero attached hydrogens (tertiary/aromatic N) is 1. The molecule has 3 aromatic rings. The van der Waals surface area contributed by atoms with Gasteiger partial charge in [0, 0.05) is 25.9 Å². The van der Waals surface area contributed by atoms with E-state index in [0.717, 1.165) is 18.2 Å². The van der Waals surface area contributed by atoms with E-state index in [-0.39, 0.29) is 25.4 Å². The molecule has 198 valence electrons. The van der Waals surface area contributed by atoms with Gasteiger partial charge in [-0.2, -0.15) is 21.6 Å². The lowest BCUT2D eigenvalue weighted by Gasteiger charge is -2.23. The molecule has 0 unspecified atom stereocenters. The fourth-order valence-electron chi connectivity index (χ4n) is 3.25. The van der Waals surface area contributed by atoms with Crippen molar-refractivity contribution in [3.8, 4) is 11.5 Å². The Morgan fingerprint density at radius 1 is 0.946 bits per heavy atom. The third kappa shape index (κ3) is 7.86. The fraction of sp³-hybridized carbons (Fsp3) is 0.240. The molecule has 0 aliphatic carbocycles. The Balaban J connectivity index is 1.76. The number of carbonyl (C=O) groups is 1. The number of benzene rings is 3. The van der Waals surface area contributed by atoms with Crippen molar-refractivity contribution >= 4 is 21.8 Å². The molecular formula is C25H25F3N2O6S. The van der Waals surface area contributed by atoms with Crippen LogP contribution in [0.1, 0.15) is 11.1 Å². The third-order valence-electron chi connectivity index (χ3n) is 5.12. The summed E-state index contributed by atoms with van der Waals surface area (Å²) >= 11 is 0. The monoisotopic (exact) mass is 538 g/mol. The number of hydrogen-bond donors (Lipinski definition) is 1. The Kier molecular flexibility index (Phi) is 9.00. The maximum Gasteiger partial charge on any atom is 0.416 e. The molecule has 0 atom stereocenters. The smallest absolute Gasteiger partial charge is 0.416 e. The minimum atomic E-state index is -4.70. The van der Waals surface area contributed by atoms with Crippen molar-refractivity contribution in [1.29, 1.82) is 0 Å². The Morgan fingerprint density at radius 3 is 2.30 bits per heavy atom. The summed E-state index contributed by atoms with van der Waals surface area (Å²) < 4.78 is 79.5. The first-order chi connectivity index (χ1) is 17.5. The first-order valence-corrected chi connectivity index (χ1v) is 12.3. The van der Waals surface area contributed by atoms with E-state index in [9.17, 15) is 26.4 Å². The summed E-state index contributed by atoms with van der Waals surface area (Å²) in [5.41, 5.74) is -0.0437. The lowest BCUT2D eigenvalue weighted by molar-refractivity contribution is -0.137. The fourth-order valence-corrected chi connectivity index (χ4v) is 4.22. The Labute approximate surface area is 212 Å². The van der Waals surface area contributed by atoms with Gasteiger partial charge in [-0.25, -0.2) is 4.79 Å². The van der Waals surface area contributed by atoms with Crippen molar-refractivity contribution in [2.75, 3.05) is 32.7 Å². The van der Waals surface area contributed by atoms with E-state index in [2.05, 4.69) is 5.32 Å². The Bertz CT molecular complexity index is 1310. The van der Waals surface area contributed by atoms with Gasteiger partial charge in [-0.1, -0.05) is 18.2 Å². The second-order valence-electron chi connectivity index (χ2n) is 7.78. The lowest BCUT2D eigenvalue weighted by Crippen LogP contribution is -2.36. The van der Waals surface area contributed by atoms with Crippen LogP contribution in [0.2, 0.25) is 0 Å². The first-order valence-electron chi connectivity index (χ1n) is 10.9. The maximum absolute atomic E-state index is 13.0. The molecule has 8 nitrogen and oxygen atoms in total. The number of rotatable bonds is 10. The molecule has 0 aromatic heterocycles. The van der Waals surface area contributed by atoms with Crippen LogP contribution in [0.5, 0.6) is 11.5 Å². The molecule has 0 heterocycles. The van der Waals surface area contributed by atoms with Gasteiger partial charge in [-0.05, 0) is 60.2 Å². The summed E-state index contributed by atoms with van der Waals surface area (Å²) in [5, 5.41) is 2.77. The van der Waals surface area contributed by atoms with Gasteiger partial charge in [0.1, 0.15) is 16.4 Å². The topological polar surface area (TPSA) is 94.2 Å². The second kappa shape index (κ2) is 12.0. The molecule has 0 aliphatic rings. The number of amides is 2. The van der Waals surface area contributed by atoms with Crippen LogP contribution in [0, 0.1) is 0 Å².